The summed E-state index contributed by atoms with van der Waals surface area (Å²) in [5, 5.41) is 0. The quantitative estimate of drug-likeness (QED) is 0.494. The molecule has 0 aromatic rings. The molecule has 5 heteroatoms. The standard InChI is InChI=1S/C16H33N3OS/c1-4-5-15(16(17)21)19-9-7-18(8-10-19)11-13-20-12-6-14(2)3/h14-15H,4-13H2,1-3H3,(H2,17,21). The summed E-state index contributed by atoms with van der Waals surface area (Å²) in [6, 6.07) is 0.287. The van der Waals surface area contributed by atoms with Crippen LogP contribution in [0.15, 0.2) is 0 Å². The Morgan fingerprint density at radius 2 is 1.81 bits per heavy atom. The monoisotopic (exact) mass is 315 g/mol. The molecular formula is C16H33N3OS. The topological polar surface area (TPSA) is 41.7 Å². The van der Waals surface area contributed by atoms with Gasteiger partial charge in [0.2, 0.25) is 0 Å². The van der Waals surface area contributed by atoms with Gasteiger partial charge in [0.05, 0.1) is 17.6 Å². The molecule has 1 atom stereocenters. The summed E-state index contributed by atoms with van der Waals surface area (Å²) in [5.74, 6) is 0.726. The number of rotatable bonds is 10. The predicted molar refractivity (Wildman–Crippen MR) is 93.8 cm³/mol. The van der Waals surface area contributed by atoms with Gasteiger partial charge in [0.1, 0.15) is 0 Å². The molecular weight excluding hydrogens is 282 g/mol. The molecule has 1 fully saturated rings. The first kappa shape index (κ1) is 18.8. The summed E-state index contributed by atoms with van der Waals surface area (Å²) >= 11 is 5.22. The Kier molecular flexibility index (Phi) is 9.40. The molecule has 1 rings (SSSR count). The Bertz CT molecular complexity index is 291. The van der Waals surface area contributed by atoms with Crippen LogP contribution < -0.4 is 5.73 Å². The average Bonchev–Trinajstić information content (AvgIpc) is 2.44. The summed E-state index contributed by atoms with van der Waals surface area (Å²) < 4.78 is 5.70. The molecule has 1 saturated heterocycles. The van der Waals surface area contributed by atoms with Crippen molar-refractivity contribution in [3.05, 3.63) is 0 Å². The number of hydrogen-bond acceptors (Lipinski definition) is 4. The highest BCUT2D eigenvalue weighted by Crippen LogP contribution is 2.11. The maximum atomic E-state index is 5.88. The van der Waals surface area contributed by atoms with E-state index in [9.17, 15) is 0 Å². The number of thiocarbonyl (C=S) groups is 1. The van der Waals surface area contributed by atoms with E-state index in [4.69, 9.17) is 22.7 Å². The Balaban J connectivity index is 2.18. The number of nitrogens with zero attached hydrogens (tertiary/aromatic N) is 2. The maximum Gasteiger partial charge on any atom is 0.0902 e. The van der Waals surface area contributed by atoms with Crippen LogP contribution in [0.25, 0.3) is 0 Å². The second-order valence-corrected chi connectivity index (χ2v) is 6.85. The van der Waals surface area contributed by atoms with Gasteiger partial charge in [-0.15, -0.1) is 0 Å². The second kappa shape index (κ2) is 10.5. The van der Waals surface area contributed by atoms with E-state index in [-0.39, 0.29) is 6.04 Å². The van der Waals surface area contributed by atoms with E-state index < -0.39 is 0 Å². The van der Waals surface area contributed by atoms with Gasteiger partial charge in [-0.2, -0.15) is 0 Å². The SMILES string of the molecule is CCCC(C(N)=S)N1CCN(CCOCCC(C)C)CC1. The van der Waals surface area contributed by atoms with Crippen LogP contribution in [-0.4, -0.2) is 66.8 Å². The van der Waals surface area contributed by atoms with Crippen molar-refractivity contribution in [3.8, 4) is 0 Å². The second-order valence-electron chi connectivity index (χ2n) is 6.38. The lowest BCUT2D eigenvalue weighted by Crippen LogP contribution is -2.54. The van der Waals surface area contributed by atoms with Gasteiger partial charge in [0, 0.05) is 39.3 Å². The smallest absolute Gasteiger partial charge is 0.0902 e. The molecule has 0 aromatic heterocycles. The molecule has 0 bridgehead atoms. The van der Waals surface area contributed by atoms with Crippen LogP contribution in [0, 0.1) is 5.92 Å². The van der Waals surface area contributed by atoms with Crippen LogP contribution in [0.3, 0.4) is 0 Å². The zero-order valence-corrected chi connectivity index (χ0v) is 14.8. The van der Waals surface area contributed by atoms with Crippen molar-refractivity contribution in [1.29, 1.82) is 0 Å². The highest BCUT2D eigenvalue weighted by atomic mass is 32.1. The van der Waals surface area contributed by atoms with Gasteiger partial charge in [-0.1, -0.05) is 39.4 Å². The van der Waals surface area contributed by atoms with E-state index in [2.05, 4.69) is 30.6 Å². The van der Waals surface area contributed by atoms with Crippen LogP contribution in [0.4, 0.5) is 0 Å². The third-order valence-corrected chi connectivity index (χ3v) is 4.40. The third kappa shape index (κ3) is 7.54. The van der Waals surface area contributed by atoms with Crippen molar-refractivity contribution in [3.63, 3.8) is 0 Å². The van der Waals surface area contributed by atoms with Gasteiger partial charge in [0.15, 0.2) is 0 Å². The fraction of sp³-hybridized carbons (Fsp3) is 0.938. The molecule has 0 saturated carbocycles. The van der Waals surface area contributed by atoms with Crippen molar-refractivity contribution in [2.45, 2.75) is 46.1 Å². The van der Waals surface area contributed by atoms with Crippen molar-refractivity contribution < 1.29 is 4.74 Å². The van der Waals surface area contributed by atoms with Crippen LogP contribution in [0.2, 0.25) is 0 Å². The molecule has 2 N–H and O–H groups in total. The number of ether oxygens (including phenoxy) is 1. The van der Waals surface area contributed by atoms with Crippen LogP contribution in [0.1, 0.15) is 40.0 Å². The minimum Gasteiger partial charge on any atom is -0.392 e. The van der Waals surface area contributed by atoms with Gasteiger partial charge >= 0.3 is 0 Å². The van der Waals surface area contributed by atoms with Gasteiger partial charge < -0.3 is 10.5 Å². The first-order valence-electron chi connectivity index (χ1n) is 8.38. The molecule has 0 amide bonds. The number of piperazine rings is 1. The first-order valence-corrected chi connectivity index (χ1v) is 8.78. The van der Waals surface area contributed by atoms with Gasteiger partial charge in [-0.05, 0) is 18.8 Å². The molecule has 0 aliphatic carbocycles. The minimum atomic E-state index is 0.287. The molecule has 4 nitrogen and oxygen atoms in total. The van der Waals surface area contributed by atoms with Crippen LogP contribution >= 0.6 is 12.2 Å². The molecule has 1 heterocycles. The zero-order valence-electron chi connectivity index (χ0n) is 14.0. The average molecular weight is 316 g/mol. The molecule has 1 aliphatic heterocycles. The summed E-state index contributed by atoms with van der Waals surface area (Å²) in [4.78, 5) is 5.58. The maximum absolute atomic E-state index is 5.88. The molecule has 21 heavy (non-hydrogen) atoms. The normalized spacial score (nSPS) is 19.0. The van der Waals surface area contributed by atoms with Crippen molar-refractivity contribution in [2.24, 2.45) is 11.7 Å². The van der Waals surface area contributed by atoms with Crippen molar-refractivity contribution >= 4 is 17.2 Å². The van der Waals surface area contributed by atoms with Gasteiger partial charge in [-0.3, -0.25) is 9.80 Å². The fourth-order valence-corrected chi connectivity index (χ4v) is 2.96. The van der Waals surface area contributed by atoms with Gasteiger partial charge in [0.25, 0.3) is 0 Å². The summed E-state index contributed by atoms with van der Waals surface area (Å²) in [6.07, 6.45) is 3.36. The van der Waals surface area contributed by atoms with Gasteiger partial charge in [-0.25, -0.2) is 0 Å². The summed E-state index contributed by atoms with van der Waals surface area (Å²) in [6.45, 7) is 13.7. The Morgan fingerprint density at radius 1 is 1.14 bits per heavy atom. The Morgan fingerprint density at radius 3 is 2.33 bits per heavy atom. The third-order valence-electron chi connectivity index (χ3n) is 4.13. The Labute approximate surface area is 136 Å². The lowest BCUT2D eigenvalue weighted by atomic mass is 10.1. The molecule has 1 unspecified atom stereocenters. The lowest BCUT2D eigenvalue weighted by Gasteiger charge is -2.38. The fourth-order valence-electron chi connectivity index (χ4n) is 2.69. The Hall–Kier alpha value is -0.230. The highest BCUT2D eigenvalue weighted by Gasteiger charge is 2.24. The molecule has 0 radical (unpaired) electrons. The zero-order chi connectivity index (χ0) is 15.7. The van der Waals surface area contributed by atoms with E-state index in [0.29, 0.717) is 4.99 Å². The van der Waals surface area contributed by atoms with E-state index in [1.165, 1.54) is 0 Å². The largest absolute Gasteiger partial charge is 0.392 e. The van der Waals surface area contributed by atoms with Crippen LogP contribution in [-0.2, 0) is 4.74 Å². The molecule has 124 valence electrons. The minimum absolute atomic E-state index is 0.287. The molecule has 0 spiro atoms. The molecule has 0 aromatic carbocycles. The van der Waals surface area contributed by atoms with E-state index >= 15 is 0 Å². The van der Waals surface area contributed by atoms with Crippen LogP contribution in [0.5, 0.6) is 0 Å². The number of nitrogens with two attached hydrogens (primary N) is 1. The first-order chi connectivity index (χ1) is 10.0. The molecule has 1 aliphatic rings. The summed E-state index contributed by atoms with van der Waals surface area (Å²) in [5.41, 5.74) is 5.88. The highest BCUT2D eigenvalue weighted by molar-refractivity contribution is 7.80. The predicted octanol–water partition coefficient (Wildman–Crippen LogP) is 2.12. The summed E-state index contributed by atoms with van der Waals surface area (Å²) in [7, 11) is 0. The van der Waals surface area contributed by atoms with E-state index in [0.717, 1.165) is 71.1 Å². The van der Waals surface area contributed by atoms with E-state index in [1.54, 1.807) is 0 Å². The van der Waals surface area contributed by atoms with Crippen molar-refractivity contribution in [1.82, 2.24) is 9.80 Å². The van der Waals surface area contributed by atoms with E-state index in [1.807, 2.05) is 0 Å². The van der Waals surface area contributed by atoms with Crippen molar-refractivity contribution in [2.75, 3.05) is 45.9 Å². The number of hydrogen-bond donors (Lipinski definition) is 1. The lowest BCUT2D eigenvalue weighted by molar-refractivity contribution is 0.0656.